The molecule has 0 saturated heterocycles. The monoisotopic (exact) mass is 410 g/mol. The summed E-state index contributed by atoms with van der Waals surface area (Å²) >= 11 is 0. The molecule has 1 amide bonds. The van der Waals surface area contributed by atoms with Gasteiger partial charge in [-0.3, -0.25) is 4.79 Å². The van der Waals surface area contributed by atoms with Crippen molar-refractivity contribution in [2.45, 2.75) is 24.8 Å². The van der Waals surface area contributed by atoms with E-state index in [2.05, 4.69) is 5.32 Å². The molecule has 0 heterocycles. The maximum absolute atomic E-state index is 13.9. The Labute approximate surface area is 161 Å². The second-order valence-corrected chi connectivity index (χ2v) is 7.49. The van der Waals surface area contributed by atoms with E-state index in [9.17, 15) is 22.4 Å². The van der Waals surface area contributed by atoms with E-state index in [-0.39, 0.29) is 0 Å². The van der Waals surface area contributed by atoms with Crippen LogP contribution in [0.25, 0.3) is 0 Å². The van der Waals surface area contributed by atoms with Gasteiger partial charge in [0.05, 0.1) is 23.3 Å². The SMILES string of the molecule is COc1ccc(C)cc1NC(=O)[C@H](C)OC(=O)c1cc(S(N)(=O)=O)ccc1F. The van der Waals surface area contributed by atoms with Crippen LogP contribution in [0.1, 0.15) is 22.8 Å². The fourth-order valence-electron chi connectivity index (χ4n) is 2.27. The Morgan fingerprint density at radius 2 is 1.86 bits per heavy atom. The molecule has 3 N–H and O–H groups in total. The summed E-state index contributed by atoms with van der Waals surface area (Å²) in [5, 5.41) is 7.53. The molecule has 0 unspecified atom stereocenters. The number of anilines is 1. The molecule has 0 aliphatic heterocycles. The van der Waals surface area contributed by atoms with Crippen molar-refractivity contribution < 1.29 is 31.9 Å². The molecule has 0 aliphatic carbocycles. The molecule has 0 fully saturated rings. The van der Waals surface area contributed by atoms with Crippen LogP contribution in [-0.2, 0) is 19.6 Å². The first kappa shape index (κ1) is 21.3. The van der Waals surface area contributed by atoms with Crippen LogP contribution in [0.4, 0.5) is 10.1 Å². The maximum Gasteiger partial charge on any atom is 0.341 e. The minimum atomic E-state index is -4.14. The molecule has 2 rings (SSSR count). The van der Waals surface area contributed by atoms with Crippen molar-refractivity contribution in [3.05, 3.63) is 53.3 Å². The predicted molar refractivity (Wildman–Crippen MR) is 99.0 cm³/mol. The second-order valence-electron chi connectivity index (χ2n) is 5.93. The Hall–Kier alpha value is -2.98. The summed E-state index contributed by atoms with van der Waals surface area (Å²) in [5.74, 6) is -2.49. The fraction of sp³-hybridized carbons (Fsp3) is 0.222. The Morgan fingerprint density at radius 3 is 2.46 bits per heavy atom. The number of ether oxygens (including phenoxy) is 2. The Bertz CT molecular complexity index is 1020. The summed E-state index contributed by atoms with van der Waals surface area (Å²) in [4.78, 5) is 24.0. The predicted octanol–water partition coefficient (Wildman–Crippen LogP) is 1.97. The number of hydrogen-bond acceptors (Lipinski definition) is 6. The number of carbonyl (C=O) groups excluding carboxylic acids is 2. The zero-order chi connectivity index (χ0) is 21.1. The van der Waals surface area contributed by atoms with Crippen LogP contribution in [0.3, 0.4) is 0 Å². The van der Waals surface area contributed by atoms with E-state index in [1.165, 1.54) is 14.0 Å². The number of hydrogen-bond donors (Lipinski definition) is 2. The molecule has 0 spiro atoms. The minimum Gasteiger partial charge on any atom is -0.495 e. The van der Waals surface area contributed by atoms with Crippen molar-refractivity contribution >= 4 is 27.6 Å². The standard InChI is InChI=1S/C18H19FN2O6S/c1-10-4-7-16(26-3)15(8-10)21-17(22)11(2)27-18(23)13-9-12(28(20,24)25)5-6-14(13)19/h4-9,11H,1-3H3,(H,21,22)(H2,20,24,25)/t11-/m0/s1. The summed E-state index contributed by atoms with van der Waals surface area (Å²) in [5.41, 5.74) is 0.583. The first-order valence-electron chi connectivity index (χ1n) is 8.01. The lowest BCUT2D eigenvalue weighted by Gasteiger charge is -2.16. The van der Waals surface area contributed by atoms with Crippen LogP contribution in [0, 0.1) is 12.7 Å². The van der Waals surface area contributed by atoms with E-state index in [0.29, 0.717) is 11.4 Å². The number of nitrogens with one attached hydrogen (secondary N) is 1. The quantitative estimate of drug-likeness (QED) is 0.702. The van der Waals surface area contributed by atoms with Gasteiger partial charge < -0.3 is 14.8 Å². The van der Waals surface area contributed by atoms with E-state index < -0.39 is 44.3 Å². The normalized spacial score (nSPS) is 12.2. The number of aryl methyl sites for hydroxylation is 1. The molecule has 0 radical (unpaired) electrons. The van der Waals surface area contributed by atoms with Crippen molar-refractivity contribution in [3.8, 4) is 5.75 Å². The molecule has 8 nitrogen and oxygen atoms in total. The van der Waals surface area contributed by atoms with Crippen LogP contribution < -0.4 is 15.2 Å². The number of esters is 1. The smallest absolute Gasteiger partial charge is 0.341 e. The van der Waals surface area contributed by atoms with Crippen LogP contribution in [0.5, 0.6) is 5.75 Å². The van der Waals surface area contributed by atoms with Gasteiger partial charge >= 0.3 is 5.97 Å². The molecule has 2 aromatic rings. The Morgan fingerprint density at radius 1 is 1.18 bits per heavy atom. The highest BCUT2D eigenvalue weighted by Crippen LogP contribution is 2.25. The maximum atomic E-state index is 13.9. The van der Waals surface area contributed by atoms with Gasteiger partial charge in [-0.25, -0.2) is 22.7 Å². The fourth-order valence-corrected chi connectivity index (χ4v) is 2.81. The molecule has 1 atom stereocenters. The van der Waals surface area contributed by atoms with Gasteiger partial charge in [0.15, 0.2) is 6.10 Å². The molecular weight excluding hydrogens is 391 g/mol. The number of rotatable bonds is 6. The molecule has 0 saturated carbocycles. The number of carbonyl (C=O) groups is 2. The zero-order valence-corrected chi connectivity index (χ0v) is 16.2. The third kappa shape index (κ3) is 5.05. The van der Waals surface area contributed by atoms with Gasteiger partial charge in [0, 0.05) is 0 Å². The van der Waals surface area contributed by atoms with Gasteiger partial charge in [0.1, 0.15) is 11.6 Å². The van der Waals surface area contributed by atoms with Crippen molar-refractivity contribution in [2.24, 2.45) is 5.14 Å². The van der Waals surface area contributed by atoms with Crippen LogP contribution >= 0.6 is 0 Å². The van der Waals surface area contributed by atoms with E-state index in [1.807, 2.05) is 6.92 Å². The highest BCUT2D eigenvalue weighted by atomic mass is 32.2. The van der Waals surface area contributed by atoms with Crippen molar-refractivity contribution in [1.82, 2.24) is 0 Å². The van der Waals surface area contributed by atoms with Crippen LogP contribution in [0.15, 0.2) is 41.3 Å². The minimum absolute atomic E-state index is 0.373. The summed E-state index contributed by atoms with van der Waals surface area (Å²) < 4.78 is 46.7. The van der Waals surface area contributed by atoms with Gasteiger partial charge in [-0.15, -0.1) is 0 Å². The number of benzene rings is 2. The summed E-state index contributed by atoms with van der Waals surface area (Å²) in [6.45, 7) is 3.11. The van der Waals surface area contributed by atoms with Gasteiger partial charge in [-0.2, -0.15) is 0 Å². The lowest BCUT2D eigenvalue weighted by Crippen LogP contribution is -2.30. The largest absolute Gasteiger partial charge is 0.495 e. The second kappa shape index (κ2) is 8.36. The highest BCUT2D eigenvalue weighted by molar-refractivity contribution is 7.89. The number of primary sulfonamides is 1. The first-order valence-corrected chi connectivity index (χ1v) is 9.56. The van der Waals surface area contributed by atoms with E-state index in [4.69, 9.17) is 14.6 Å². The summed E-state index contributed by atoms with van der Waals surface area (Å²) in [6, 6.07) is 7.57. The van der Waals surface area contributed by atoms with Gasteiger partial charge in [0.25, 0.3) is 5.91 Å². The van der Waals surface area contributed by atoms with Crippen molar-refractivity contribution in [2.75, 3.05) is 12.4 Å². The number of halogens is 1. The van der Waals surface area contributed by atoms with Gasteiger partial charge in [-0.1, -0.05) is 6.07 Å². The summed E-state index contributed by atoms with van der Waals surface area (Å²) in [7, 11) is -2.70. The molecule has 10 heteroatoms. The third-order valence-electron chi connectivity index (χ3n) is 3.75. The van der Waals surface area contributed by atoms with Gasteiger partial charge in [-0.05, 0) is 49.7 Å². The van der Waals surface area contributed by atoms with Crippen LogP contribution in [0.2, 0.25) is 0 Å². The summed E-state index contributed by atoms with van der Waals surface area (Å²) in [6.07, 6.45) is -1.30. The lowest BCUT2D eigenvalue weighted by atomic mass is 10.2. The van der Waals surface area contributed by atoms with Crippen molar-refractivity contribution in [3.63, 3.8) is 0 Å². The number of sulfonamides is 1. The van der Waals surface area contributed by atoms with Gasteiger partial charge in [0.2, 0.25) is 10.0 Å². The lowest BCUT2D eigenvalue weighted by molar-refractivity contribution is -0.123. The number of amides is 1. The molecule has 28 heavy (non-hydrogen) atoms. The number of nitrogens with two attached hydrogens (primary N) is 1. The number of methoxy groups -OCH3 is 1. The first-order chi connectivity index (χ1) is 13.0. The average Bonchev–Trinajstić information content (AvgIpc) is 2.61. The average molecular weight is 410 g/mol. The Kier molecular flexibility index (Phi) is 6.37. The topological polar surface area (TPSA) is 125 Å². The molecule has 0 aromatic heterocycles. The van der Waals surface area contributed by atoms with Crippen molar-refractivity contribution in [1.29, 1.82) is 0 Å². The molecule has 2 aromatic carbocycles. The zero-order valence-electron chi connectivity index (χ0n) is 15.4. The highest BCUT2D eigenvalue weighted by Gasteiger charge is 2.23. The van der Waals surface area contributed by atoms with E-state index in [0.717, 1.165) is 23.8 Å². The van der Waals surface area contributed by atoms with Crippen LogP contribution in [-0.4, -0.2) is 33.5 Å². The Balaban J connectivity index is 2.16. The molecule has 0 bridgehead atoms. The van der Waals surface area contributed by atoms with E-state index in [1.54, 1.807) is 18.2 Å². The molecular formula is C18H19FN2O6S. The molecule has 0 aliphatic rings. The molecule has 150 valence electrons. The third-order valence-corrected chi connectivity index (χ3v) is 4.66. The van der Waals surface area contributed by atoms with E-state index >= 15 is 0 Å².